The summed E-state index contributed by atoms with van der Waals surface area (Å²) in [6.07, 6.45) is 1.49. The van der Waals surface area contributed by atoms with Gasteiger partial charge in [-0.05, 0) is 25.8 Å². The number of benzene rings is 1. The minimum atomic E-state index is -0.0191. The molecular weight excluding hydrogens is 316 g/mol. The summed E-state index contributed by atoms with van der Waals surface area (Å²) in [5, 5.41) is 7.40. The Morgan fingerprint density at radius 2 is 2.08 bits per heavy atom. The zero-order valence-corrected chi connectivity index (χ0v) is 14.7. The van der Waals surface area contributed by atoms with Crippen molar-refractivity contribution < 1.29 is 9.59 Å². The Bertz CT molecular complexity index is 754. The highest BCUT2D eigenvalue weighted by Gasteiger charge is 2.25. The van der Waals surface area contributed by atoms with Crippen molar-refractivity contribution >= 4 is 17.6 Å². The lowest BCUT2D eigenvalue weighted by molar-refractivity contribution is -0.122. The lowest BCUT2D eigenvalue weighted by Gasteiger charge is -2.27. The van der Waals surface area contributed by atoms with Gasteiger partial charge in [0, 0.05) is 25.5 Å². The summed E-state index contributed by atoms with van der Waals surface area (Å²) in [7, 11) is 0. The number of carbonyl (C=O) groups excluding carboxylic acids is 2. The van der Waals surface area contributed by atoms with Crippen molar-refractivity contribution in [1.82, 2.24) is 15.1 Å². The van der Waals surface area contributed by atoms with E-state index in [0.29, 0.717) is 32.4 Å². The molecule has 2 aromatic rings. The lowest BCUT2D eigenvalue weighted by atomic mass is 10.1. The average Bonchev–Trinajstić information content (AvgIpc) is 2.98. The van der Waals surface area contributed by atoms with E-state index in [4.69, 9.17) is 0 Å². The molecule has 0 fully saturated rings. The molecule has 1 N–H and O–H groups in total. The van der Waals surface area contributed by atoms with Crippen molar-refractivity contribution in [2.45, 2.75) is 45.7 Å². The number of rotatable bonds is 6. The molecule has 0 aliphatic carbocycles. The Morgan fingerprint density at radius 1 is 1.32 bits per heavy atom. The van der Waals surface area contributed by atoms with Crippen LogP contribution in [0.4, 0.5) is 5.82 Å². The highest BCUT2D eigenvalue weighted by Crippen LogP contribution is 2.22. The SMILES string of the molecule is Cc1cc2n(n1)CCC(=O)N2CCCC(=O)N[C@H](C)c1ccccc1. The number of anilines is 1. The van der Waals surface area contributed by atoms with Crippen molar-refractivity contribution in [2.75, 3.05) is 11.4 Å². The highest BCUT2D eigenvalue weighted by molar-refractivity contribution is 5.93. The van der Waals surface area contributed by atoms with Crippen LogP contribution >= 0.6 is 0 Å². The summed E-state index contributed by atoms with van der Waals surface area (Å²) in [4.78, 5) is 26.1. The van der Waals surface area contributed by atoms with Crippen LogP contribution in [0.25, 0.3) is 0 Å². The lowest BCUT2D eigenvalue weighted by Crippen LogP contribution is -2.38. The maximum atomic E-state index is 12.2. The largest absolute Gasteiger partial charge is 0.350 e. The van der Waals surface area contributed by atoms with Crippen LogP contribution in [0, 0.1) is 6.92 Å². The van der Waals surface area contributed by atoms with E-state index in [-0.39, 0.29) is 17.9 Å². The van der Waals surface area contributed by atoms with Gasteiger partial charge in [-0.1, -0.05) is 30.3 Å². The van der Waals surface area contributed by atoms with Crippen LogP contribution < -0.4 is 10.2 Å². The molecule has 2 heterocycles. The second-order valence-corrected chi connectivity index (χ2v) is 6.47. The minimum absolute atomic E-state index is 0.00509. The molecule has 132 valence electrons. The summed E-state index contributed by atoms with van der Waals surface area (Å²) < 4.78 is 1.87. The van der Waals surface area contributed by atoms with Crippen LogP contribution in [0.5, 0.6) is 0 Å². The van der Waals surface area contributed by atoms with Gasteiger partial charge in [-0.25, -0.2) is 4.68 Å². The maximum Gasteiger partial charge on any atom is 0.229 e. The van der Waals surface area contributed by atoms with E-state index in [0.717, 1.165) is 17.1 Å². The van der Waals surface area contributed by atoms with E-state index in [1.807, 2.05) is 54.9 Å². The van der Waals surface area contributed by atoms with Crippen molar-refractivity contribution in [2.24, 2.45) is 0 Å². The number of aryl methyl sites for hydroxylation is 2. The number of fused-ring (bicyclic) bond motifs is 1. The topological polar surface area (TPSA) is 67.2 Å². The molecule has 1 aliphatic rings. The molecule has 0 saturated heterocycles. The molecule has 1 aromatic heterocycles. The molecule has 0 radical (unpaired) electrons. The van der Waals surface area contributed by atoms with Crippen LogP contribution in [0.15, 0.2) is 36.4 Å². The van der Waals surface area contributed by atoms with Gasteiger partial charge in [-0.15, -0.1) is 0 Å². The van der Waals surface area contributed by atoms with Gasteiger partial charge in [0.05, 0.1) is 18.3 Å². The zero-order valence-electron chi connectivity index (χ0n) is 14.7. The molecule has 6 heteroatoms. The Labute approximate surface area is 147 Å². The van der Waals surface area contributed by atoms with E-state index in [1.165, 1.54) is 0 Å². The third kappa shape index (κ3) is 4.07. The van der Waals surface area contributed by atoms with Gasteiger partial charge in [-0.3, -0.25) is 14.5 Å². The molecule has 6 nitrogen and oxygen atoms in total. The molecule has 3 rings (SSSR count). The number of hydrogen-bond acceptors (Lipinski definition) is 3. The quantitative estimate of drug-likeness (QED) is 0.879. The summed E-state index contributed by atoms with van der Waals surface area (Å²) in [5.74, 6) is 0.947. The van der Waals surface area contributed by atoms with Crippen molar-refractivity contribution in [3.8, 4) is 0 Å². The fourth-order valence-corrected chi connectivity index (χ4v) is 3.15. The van der Waals surface area contributed by atoms with Crippen LogP contribution in [-0.4, -0.2) is 28.1 Å². The van der Waals surface area contributed by atoms with E-state index in [2.05, 4.69) is 10.4 Å². The van der Waals surface area contributed by atoms with E-state index < -0.39 is 0 Å². The van der Waals surface area contributed by atoms with Gasteiger partial charge in [0.2, 0.25) is 11.8 Å². The Kier molecular flexibility index (Phi) is 5.16. The second kappa shape index (κ2) is 7.51. The first kappa shape index (κ1) is 17.2. The second-order valence-electron chi connectivity index (χ2n) is 6.47. The fourth-order valence-electron chi connectivity index (χ4n) is 3.15. The number of nitrogens with zero attached hydrogens (tertiary/aromatic N) is 3. The molecular formula is C19H24N4O2. The van der Waals surface area contributed by atoms with Gasteiger partial charge in [-0.2, -0.15) is 5.10 Å². The number of amides is 2. The third-order valence-electron chi connectivity index (χ3n) is 4.46. The summed E-state index contributed by atoms with van der Waals surface area (Å²) in [6.45, 7) is 5.07. The van der Waals surface area contributed by atoms with Crippen LogP contribution in [-0.2, 0) is 16.1 Å². The molecule has 0 bridgehead atoms. The molecule has 0 saturated carbocycles. The molecule has 25 heavy (non-hydrogen) atoms. The van der Waals surface area contributed by atoms with Gasteiger partial charge in [0.15, 0.2) is 0 Å². The first-order valence-electron chi connectivity index (χ1n) is 8.73. The molecule has 1 aromatic carbocycles. The summed E-state index contributed by atoms with van der Waals surface area (Å²) in [6, 6.07) is 11.8. The molecule has 0 spiro atoms. The van der Waals surface area contributed by atoms with Gasteiger partial charge in [0.1, 0.15) is 5.82 Å². The predicted octanol–water partition coefficient (Wildman–Crippen LogP) is 2.59. The number of carbonyl (C=O) groups is 2. The normalized spacial score (nSPS) is 15.0. The summed E-state index contributed by atoms with van der Waals surface area (Å²) in [5.41, 5.74) is 1.99. The van der Waals surface area contributed by atoms with Gasteiger partial charge >= 0.3 is 0 Å². The number of nitrogens with one attached hydrogen (secondary N) is 1. The van der Waals surface area contributed by atoms with Crippen LogP contribution in [0.2, 0.25) is 0 Å². The van der Waals surface area contributed by atoms with Gasteiger partial charge in [0.25, 0.3) is 0 Å². The van der Waals surface area contributed by atoms with Crippen molar-refractivity contribution in [1.29, 1.82) is 0 Å². The third-order valence-corrected chi connectivity index (χ3v) is 4.46. The minimum Gasteiger partial charge on any atom is -0.350 e. The van der Waals surface area contributed by atoms with Crippen molar-refractivity contribution in [3.63, 3.8) is 0 Å². The number of aromatic nitrogens is 2. The average molecular weight is 340 g/mol. The van der Waals surface area contributed by atoms with Gasteiger partial charge < -0.3 is 5.32 Å². The van der Waals surface area contributed by atoms with E-state index in [9.17, 15) is 9.59 Å². The Balaban J connectivity index is 1.51. The van der Waals surface area contributed by atoms with Crippen LogP contribution in [0.1, 0.15) is 43.5 Å². The zero-order chi connectivity index (χ0) is 17.8. The number of hydrogen-bond donors (Lipinski definition) is 1. The first-order valence-corrected chi connectivity index (χ1v) is 8.73. The van der Waals surface area contributed by atoms with E-state index >= 15 is 0 Å². The standard InChI is InChI=1S/C19H24N4O2/c1-14-13-18-22(19(25)10-12-23(18)21-14)11-6-9-17(24)20-15(2)16-7-4-3-5-8-16/h3-5,7-8,13,15H,6,9-12H2,1-2H3,(H,20,24)/t15-/m1/s1. The summed E-state index contributed by atoms with van der Waals surface area (Å²) >= 11 is 0. The predicted molar refractivity (Wildman–Crippen MR) is 96.2 cm³/mol. The Hall–Kier alpha value is -2.63. The molecule has 0 unspecified atom stereocenters. The van der Waals surface area contributed by atoms with Crippen molar-refractivity contribution in [3.05, 3.63) is 47.7 Å². The van der Waals surface area contributed by atoms with Crippen LogP contribution in [0.3, 0.4) is 0 Å². The smallest absolute Gasteiger partial charge is 0.229 e. The maximum absolute atomic E-state index is 12.2. The molecule has 2 amide bonds. The highest BCUT2D eigenvalue weighted by atomic mass is 16.2. The Morgan fingerprint density at radius 3 is 2.84 bits per heavy atom. The fraction of sp³-hybridized carbons (Fsp3) is 0.421. The first-order chi connectivity index (χ1) is 12.0. The van der Waals surface area contributed by atoms with E-state index in [1.54, 1.807) is 4.90 Å². The monoisotopic (exact) mass is 340 g/mol. The molecule has 1 aliphatic heterocycles. The molecule has 1 atom stereocenters.